The Bertz CT molecular complexity index is 393. The van der Waals surface area contributed by atoms with Crippen LogP contribution in [0, 0.1) is 5.41 Å². The van der Waals surface area contributed by atoms with Crippen LogP contribution in [0.25, 0.3) is 0 Å². The van der Waals surface area contributed by atoms with Gasteiger partial charge in [-0.3, -0.25) is 0 Å². The molecular formula is C25H52O10. The van der Waals surface area contributed by atoms with E-state index in [1.54, 1.807) is 7.11 Å². The molecule has 0 radical (unpaired) electrons. The van der Waals surface area contributed by atoms with Crippen molar-refractivity contribution in [1.29, 1.82) is 0 Å². The van der Waals surface area contributed by atoms with Gasteiger partial charge in [0.05, 0.1) is 119 Å². The van der Waals surface area contributed by atoms with Crippen molar-refractivity contribution in [3.63, 3.8) is 0 Å². The molecule has 0 fully saturated rings. The third-order valence-corrected chi connectivity index (χ3v) is 4.40. The van der Waals surface area contributed by atoms with Crippen molar-refractivity contribution < 1.29 is 47.4 Å². The summed E-state index contributed by atoms with van der Waals surface area (Å²) in [6, 6.07) is 0. The van der Waals surface area contributed by atoms with Crippen LogP contribution in [-0.2, 0) is 47.4 Å². The van der Waals surface area contributed by atoms with Crippen molar-refractivity contribution in [2.45, 2.75) is 27.2 Å². The summed E-state index contributed by atoms with van der Waals surface area (Å²) in [5.41, 5.74) is 0.311. The Kier molecular flexibility index (Phi) is 27.9. The molecule has 35 heavy (non-hydrogen) atoms. The monoisotopic (exact) mass is 512 g/mol. The van der Waals surface area contributed by atoms with Gasteiger partial charge in [-0.2, -0.15) is 0 Å². The van der Waals surface area contributed by atoms with E-state index in [2.05, 4.69) is 20.8 Å². The molecule has 0 amide bonds. The molecule has 10 heteroatoms. The molecule has 0 aromatic heterocycles. The van der Waals surface area contributed by atoms with Crippen molar-refractivity contribution in [1.82, 2.24) is 0 Å². The van der Waals surface area contributed by atoms with E-state index >= 15 is 0 Å². The molecule has 0 saturated carbocycles. The molecule has 0 aromatic rings. The summed E-state index contributed by atoms with van der Waals surface area (Å²) in [7, 11) is 1.65. The summed E-state index contributed by atoms with van der Waals surface area (Å²) in [5.74, 6) is 0. The van der Waals surface area contributed by atoms with Gasteiger partial charge in [0.15, 0.2) is 0 Å². The second-order valence-electron chi connectivity index (χ2n) is 8.81. The number of hydrogen-bond donors (Lipinski definition) is 0. The van der Waals surface area contributed by atoms with E-state index in [0.717, 1.165) is 13.0 Å². The third-order valence-electron chi connectivity index (χ3n) is 4.40. The molecule has 0 spiro atoms. The molecule has 0 atom stereocenters. The van der Waals surface area contributed by atoms with Crippen molar-refractivity contribution in [2.24, 2.45) is 5.41 Å². The van der Waals surface area contributed by atoms with E-state index in [9.17, 15) is 0 Å². The van der Waals surface area contributed by atoms with Crippen LogP contribution in [0.1, 0.15) is 27.2 Å². The molecule has 0 rings (SSSR count). The van der Waals surface area contributed by atoms with Crippen molar-refractivity contribution in [2.75, 3.05) is 133 Å². The smallest absolute Gasteiger partial charge is 0.0701 e. The van der Waals surface area contributed by atoms with E-state index < -0.39 is 0 Å². The lowest BCUT2D eigenvalue weighted by Crippen LogP contribution is -2.15. The first-order chi connectivity index (χ1) is 17.1. The Labute approximate surface area is 213 Å². The maximum atomic E-state index is 5.54. The maximum Gasteiger partial charge on any atom is 0.0701 e. The molecule has 0 unspecified atom stereocenters. The predicted octanol–water partition coefficient (Wildman–Crippen LogP) is 2.22. The average molecular weight is 513 g/mol. The van der Waals surface area contributed by atoms with Gasteiger partial charge in [0, 0.05) is 13.7 Å². The standard InChI is InChI=1S/C25H52O10/c1-25(2,3)5-6-27-9-10-29-13-14-31-17-18-33-21-22-35-24-23-34-20-19-32-16-15-30-12-11-28-8-7-26-4/h5-24H2,1-4H3. The summed E-state index contributed by atoms with van der Waals surface area (Å²) < 4.78 is 53.8. The fourth-order valence-electron chi connectivity index (χ4n) is 2.38. The van der Waals surface area contributed by atoms with Gasteiger partial charge in [0.2, 0.25) is 0 Å². The zero-order valence-corrected chi connectivity index (χ0v) is 22.7. The van der Waals surface area contributed by atoms with Gasteiger partial charge in [-0.25, -0.2) is 0 Å². The summed E-state index contributed by atoms with van der Waals surface area (Å²) >= 11 is 0. The zero-order chi connectivity index (χ0) is 25.7. The molecule has 10 nitrogen and oxygen atoms in total. The first-order valence-corrected chi connectivity index (χ1v) is 12.7. The van der Waals surface area contributed by atoms with Gasteiger partial charge in [0.25, 0.3) is 0 Å². The molecule has 0 N–H and O–H groups in total. The van der Waals surface area contributed by atoms with Crippen molar-refractivity contribution >= 4 is 0 Å². The van der Waals surface area contributed by atoms with Crippen LogP contribution in [-0.4, -0.2) is 133 Å². The molecular weight excluding hydrogens is 460 g/mol. The Morgan fingerprint density at radius 3 is 0.714 bits per heavy atom. The SMILES string of the molecule is COCCOCCOCCOCCOCCOCCOCCOCCOCCOCCC(C)(C)C. The number of rotatable bonds is 29. The minimum atomic E-state index is 0.311. The highest BCUT2D eigenvalue weighted by Crippen LogP contribution is 2.17. The van der Waals surface area contributed by atoms with E-state index in [4.69, 9.17) is 47.4 Å². The van der Waals surface area contributed by atoms with Gasteiger partial charge in [-0.15, -0.1) is 0 Å². The van der Waals surface area contributed by atoms with E-state index in [-0.39, 0.29) is 0 Å². The molecule has 0 heterocycles. The number of methoxy groups -OCH3 is 1. The van der Waals surface area contributed by atoms with E-state index in [0.29, 0.717) is 124 Å². The van der Waals surface area contributed by atoms with Crippen molar-refractivity contribution in [3.05, 3.63) is 0 Å². The lowest BCUT2D eigenvalue weighted by molar-refractivity contribution is -0.0261. The second-order valence-corrected chi connectivity index (χ2v) is 8.81. The topological polar surface area (TPSA) is 92.3 Å². The minimum Gasteiger partial charge on any atom is -0.382 e. The number of ether oxygens (including phenoxy) is 10. The molecule has 0 aromatic carbocycles. The van der Waals surface area contributed by atoms with Crippen LogP contribution in [0.2, 0.25) is 0 Å². The third kappa shape index (κ3) is 33.6. The molecule has 212 valence electrons. The normalized spacial score (nSPS) is 12.0. The van der Waals surface area contributed by atoms with Gasteiger partial charge >= 0.3 is 0 Å². The quantitative estimate of drug-likeness (QED) is 0.139. The van der Waals surface area contributed by atoms with Crippen LogP contribution in [0.4, 0.5) is 0 Å². The summed E-state index contributed by atoms with van der Waals surface area (Å²) in [5, 5.41) is 0. The highest BCUT2D eigenvalue weighted by atomic mass is 16.6. The lowest BCUT2D eigenvalue weighted by atomic mass is 9.93. The predicted molar refractivity (Wildman–Crippen MR) is 133 cm³/mol. The van der Waals surface area contributed by atoms with Gasteiger partial charge in [-0.05, 0) is 11.8 Å². The Morgan fingerprint density at radius 2 is 0.514 bits per heavy atom. The molecule has 0 bridgehead atoms. The molecule has 0 saturated heterocycles. The maximum absolute atomic E-state index is 5.54. The molecule has 0 aliphatic rings. The summed E-state index contributed by atoms with van der Waals surface area (Å²) in [6.07, 6.45) is 1.05. The fraction of sp³-hybridized carbons (Fsp3) is 1.00. The van der Waals surface area contributed by atoms with Crippen LogP contribution in [0.3, 0.4) is 0 Å². The highest BCUT2D eigenvalue weighted by Gasteiger charge is 2.08. The molecule has 0 aliphatic carbocycles. The van der Waals surface area contributed by atoms with Crippen LogP contribution >= 0.6 is 0 Å². The first-order valence-electron chi connectivity index (χ1n) is 12.7. The number of hydrogen-bond acceptors (Lipinski definition) is 10. The largest absolute Gasteiger partial charge is 0.382 e. The van der Waals surface area contributed by atoms with E-state index in [1.165, 1.54) is 0 Å². The summed E-state index contributed by atoms with van der Waals surface area (Å²) in [4.78, 5) is 0. The Balaban J connectivity index is 3.03. The van der Waals surface area contributed by atoms with Gasteiger partial charge in [0.1, 0.15) is 0 Å². The fourth-order valence-corrected chi connectivity index (χ4v) is 2.38. The minimum absolute atomic E-state index is 0.311. The van der Waals surface area contributed by atoms with E-state index in [1.807, 2.05) is 0 Å². The lowest BCUT2D eigenvalue weighted by Gasteiger charge is -2.17. The second kappa shape index (κ2) is 28.2. The van der Waals surface area contributed by atoms with Crippen molar-refractivity contribution in [3.8, 4) is 0 Å². The van der Waals surface area contributed by atoms with Crippen LogP contribution in [0.15, 0.2) is 0 Å². The Morgan fingerprint density at radius 1 is 0.314 bits per heavy atom. The van der Waals surface area contributed by atoms with Crippen LogP contribution in [0.5, 0.6) is 0 Å². The van der Waals surface area contributed by atoms with Crippen LogP contribution < -0.4 is 0 Å². The molecule has 0 aliphatic heterocycles. The highest BCUT2D eigenvalue weighted by molar-refractivity contribution is 4.59. The average Bonchev–Trinajstić information content (AvgIpc) is 2.82. The van der Waals surface area contributed by atoms with Gasteiger partial charge in [-0.1, -0.05) is 20.8 Å². The first kappa shape index (κ1) is 34.6. The zero-order valence-electron chi connectivity index (χ0n) is 22.7. The summed E-state index contributed by atoms with van der Waals surface area (Å²) in [6.45, 7) is 17.4. The van der Waals surface area contributed by atoms with Gasteiger partial charge < -0.3 is 47.4 Å². The Hall–Kier alpha value is -0.400.